The third kappa shape index (κ3) is 8.49. The first kappa shape index (κ1) is 40.5. The lowest BCUT2D eigenvalue weighted by Gasteiger charge is -2.42. The molecular formula is C42H49FN5O7PS. The Kier molecular flexibility index (Phi) is 12.1. The summed E-state index contributed by atoms with van der Waals surface area (Å²) in [5.41, 5.74) is 1.14. The van der Waals surface area contributed by atoms with Gasteiger partial charge >= 0.3 is 13.5 Å². The van der Waals surface area contributed by atoms with Gasteiger partial charge in [0.15, 0.2) is 0 Å². The summed E-state index contributed by atoms with van der Waals surface area (Å²) in [5.74, 6) is -1.22. The predicted octanol–water partition coefficient (Wildman–Crippen LogP) is 7.16. The molecule has 2 aromatic heterocycles. The van der Waals surface area contributed by atoms with Gasteiger partial charge in [0.1, 0.15) is 17.8 Å². The van der Waals surface area contributed by atoms with Crippen LogP contribution in [-0.4, -0.2) is 82.8 Å². The standard InChI is InChI=1S/C42H49FN5O7PS/c1-4-20-54-41(52)27(2)46-56(53,55-34-13-6-5-7-14-34)42(3,43)32-15-18-36-30(21-32)22-37(57-36)38(49)45-24-29-10-8-12-33-16-17-35(48(33)39(29)50)40(51)47-25-31(26-47)28-11-9-19-44-23-28/h5-7,9,11,13-15,18-19,21-23,27,29,31,33,35H,4,8,10,12,16-17,20,24-26H2,1-3H3,(H,45,49)(H,46,53)/t27-,29?,33-,35-,42?,56?/m0/s1. The Hall–Kier alpha value is -4.65. The van der Waals surface area contributed by atoms with E-state index in [1.807, 2.05) is 35.1 Å². The third-order valence-corrected chi connectivity index (χ3v) is 15.0. The van der Waals surface area contributed by atoms with Crippen LogP contribution in [0.4, 0.5) is 4.39 Å². The molecule has 7 rings (SSSR count). The molecule has 3 unspecified atom stereocenters. The number of thiophene rings is 1. The zero-order chi connectivity index (χ0) is 40.3. The topological polar surface area (TPSA) is 147 Å². The Bertz CT molecular complexity index is 2150. The number of ether oxygens (including phenoxy) is 1. The van der Waals surface area contributed by atoms with E-state index in [-0.39, 0.29) is 54.1 Å². The number of nitrogens with one attached hydrogen (secondary N) is 2. The van der Waals surface area contributed by atoms with Crippen LogP contribution in [0.5, 0.6) is 5.75 Å². The first-order valence-corrected chi connectivity index (χ1v) is 22.1. The second-order valence-electron chi connectivity index (χ2n) is 15.3. The van der Waals surface area contributed by atoms with Crippen molar-refractivity contribution < 1.29 is 37.4 Å². The monoisotopic (exact) mass is 817 g/mol. The molecule has 2 N–H and O–H groups in total. The Morgan fingerprint density at radius 3 is 2.58 bits per heavy atom. The number of hydrogen-bond acceptors (Lipinski definition) is 9. The van der Waals surface area contributed by atoms with Crippen LogP contribution in [0.3, 0.4) is 0 Å². The van der Waals surface area contributed by atoms with Crippen LogP contribution in [0.25, 0.3) is 10.1 Å². The molecular weight excluding hydrogens is 769 g/mol. The summed E-state index contributed by atoms with van der Waals surface area (Å²) in [5, 5.41) is 3.51. The van der Waals surface area contributed by atoms with Crippen molar-refractivity contribution in [3.05, 3.63) is 95.1 Å². The number of fused-ring (bicyclic) bond motifs is 2. The molecule has 3 aliphatic heterocycles. The average Bonchev–Trinajstić information content (AvgIpc) is 3.78. The summed E-state index contributed by atoms with van der Waals surface area (Å²) >= 11 is 1.22. The summed E-state index contributed by atoms with van der Waals surface area (Å²) in [7, 11) is -4.53. The van der Waals surface area contributed by atoms with E-state index < -0.39 is 36.9 Å². The molecule has 12 nitrogen and oxygen atoms in total. The maximum Gasteiger partial charge on any atom is 0.358 e. The molecule has 0 spiro atoms. The normalized spacial score (nSPS) is 22.4. The van der Waals surface area contributed by atoms with E-state index in [1.54, 1.807) is 48.7 Å². The zero-order valence-electron chi connectivity index (χ0n) is 32.4. The third-order valence-electron chi connectivity index (χ3n) is 11.3. The molecule has 3 aliphatic rings. The Morgan fingerprint density at radius 2 is 1.84 bits per heavy atom. The number of amides is 3. The van der Waals surface area contributed by atoms with Gasteiger partial charge in [-0.2, -0.15) is 0 Å². The minimum absolute atomic E-state index is 0.00699. The van der Waals surface area contributed by atoms with Crippen LogP contribution in [0.2, 0.25) is 0 Å². The van der Waals surface area contributed by atoms with Crippen LogP contribution in [0, 0.1) is 5.92 Å². The lowest BCUT2D eigenvalue weighted by atomic mass is 9.91. The molecule has 0 radical (unpaired) electrons. The van der Waals surface area contributed by atoms with Crippen molar-refractivity contribution in [2.45, 2.75) is 88.7 Å². The molecule has 302 valence electrons. The molecule has 4 aromatic rings. The number of alkyl halides is 1. The maximum atomic E-state index is 17.1. The summed E-state index contributed by atoms with van der Waals surface area (Å²) < 4.78 is 43.4. The summed E-state index contributed by atoms with van der Waals surface area (Å²) in [6.45, 7) is 5.95. The summed E-state index contributed by atoms with van der Waals surface area (Å²) in [6.07, 6.45) is 7.84. The van der Waals surface area contributed by atoms with Gasteiger partial charge < -0.3 is 24.4 Å². The minimum Gasteiger partial charge on any atom is -0.465 e. The lowest BCUT2D eigenvalue weighted by Crippen LogP contribution is -2.57. The lowest BCUT2D eigenvalue weighted by molar-refractivity contribution is -0.149. The number of rotatable bonds is 14. The highest BCUT2D eigenvalue weighted by molar-refractivity contribution is 7.58. The highest BCUT2D eigenvalue weighted by Crippen LogP contribution is 2.62. The highest BCUT2D eigenvalue weighted by atomic mass is 32.1. The fourth-order valence-corrected chi connectivity index (χ4v) is 10.9. The van der Waals surface area contributed by atoms with Gasteiger partial charge in [-0.05, 0) is 93.3 Å². The summed E-state index contributed by atoms with van der Waals surface area (Å²) in [6, 6.07) is 16.8. The highest BCUT2D eigenvalue weighted by Gasteiger charge is 2.51. The number of para-hydroxylation sites is 1. The molecule has 57 heavy (non-hydrogen) atoms. The Labute approximate surface area is 336 Å². The van der Waals surface area contributed by atoms with Crippen LogP contribution in [0.1, 0.15) is 86.0 Å². The van der Waals surface area contributed by atoms with Crippen molar-refractivity contribution in [2.24, 2.45) is 5.92 Å². The van der Waals surface area contributed by atoms with E-state index in [1.165, 1.54) is 30.4 Å². The van der Waals surface area contributed by atoms with Crippen LogP contribution < -0.4 is 14.9 Å². The van der Waals surface area contributed by atoms with Gasteiger partial charge in [-0.3, -0.25) is 28.7 Å². The number of carbonyl (C=O) groups excluding carboxylic acids is 4. The van der Waals surface area contributed by atoms with Crippen molar-refractivity contribution in [3.8, 4) is 5.75 Å². The molecule has 0 bridgehead atoms. The van der Waals surface area contributed by atoms with E-state index in [2.05, 4.69) is 15.4 Å². The average molecular weight is 818 g/mol. The Morgan fingerprint density at radius 1 is 1.05 bits per heavy atom. The quantitative estimate of drug-likeness (QED) is 0.100. The first-order chi connectivity index (χ1) is 27.4. The molecule has 0 aliphatic carbocycles. The number of benzene rings is 2. The van der Waals surface area contributed by atoms with E-state index in [4.69, 9.17) is 9.26 Å². The van der Waals surface area contributed by atoms with E-state index in [0.717, 1.165) is 31.7 Å². The number of carbonyl (C=O) groups is 4. The van der Waals surface area contributed by atoms with Gasteiger partial charge in [-0.25, -0.2) is 9.48 Å². The number of halogens is 1. The van der Waals surface area contributed by atoms with E-state index >= 15 is 4.39 Å². The number of aromatic nitrogens is 1. The summed E-state index contributed by atoms with van der Waals surface area (Å²) in [4.78, 5) is 62.1. The minimum atomic E-state index is -4.53. The second kappa shape index (κ2) is 17.1. The number of likely N-dealkylation sites (tertiary alicyclic amines) is 1. The molecule has 3 amide bonds. The van der Waals surface area contributed by atoms with E-state index in [0.29, 0.717) is 47.3 Å². The van der Waals surface area contributed by atoms with Crippen molar-refractivity contribution >= 4 is 52.6 Å². The zero-order valence-corrected chi connectivity index (χ0v) is 34.1. The molecule has 15 heteroatoms. The molecule has 3 saturated heterocycles. The SMILES string of the molecule is CCCOC(=O)[C@H](C)NP(=O)(Oc1ccccc1)C(C)(F)c1ccc2sc(C(=O)NCC3CCC[C@H]4CC[C@@H](C(=O)N5CC(c6cccnc6)C5)N4C3=O)cc2c1. The van der Waals surface area contributed by atoms with Gasteiger partial charge in [-0.1, -0.05) is 43.7 Å². The number of hydrogen-bond donors (Lipinski definition) is 2. The van der Waals surface area contributed by atoms with Gasteiger partial charge in [0.2, 0.25) is 17.2 Å². The number of esters is 1. The van der Waals surface area contributed by atoms with Crippen LogP contribution in [-0.2, 0) is 29.1 Å². The molecule has 5 heterocycles. The number of pyridine rings is 1. The molecule has 3 fully saturated rings. The van der Waals surface area contributed by atoms with E-state index in [9.17, 15) is 23.7 Å². The van der Waals surface area contributed by atoms with Crippen molar-refractivity contribution in [2.75, 3.05) is 26.2 Å². The largest absolute Gasteiger partial charge is 0.465 e. The van der Waals surface area contributed by atoms with Gasteiger partial charge in [0.25, 0.3) is 5.91 Å². The first-order valence-electron chi connectivity index (χ1n) is 19.7. The molecule has 6 atom stereocenters. The Balaban J connectivity index is 1.02. The molecule has 2 aromatic carbocycles. The maximum absolute atomic E-state index is 17.1. The van der Waals surface area contributed by atoms with Gasteiger partial charge in [0, 0.05) is 54.3 Å². The second-order valence-corrected chi connectivity index (χ2v) is 18.8. The van der Waals surface area contributed by atoms with Crippen molar-refractivity contribution in [1.29, 1.82) is 0 Å². The fourth-order valence-electron chi connectivity index (χ4n) is 7.97. The van der Waals surface area contributed by atoms with Crippen molar-refractivity contribution in [3.63, 3.8) is 0 Å². The van der Waals surface area contributed by atoms with Crippen LogP contribution >= 0.6 is 18.9 Å². The fraction of sp³-hybridized carbons (Fsp3) is 0.452. The predicted molar refractivity (Wildman–Crippen MR) is 216 cm³/mol. The van der Waals surface area contributed by atoms with Crippen molar-refractivity contribution in [1.82, 2.24) is 25.2 Å². The smallest absolute Gasteiger partial charge is 0.358 e. The van der Waals surface area contributed by atoms with Gasteiger partial charge in [-0.15, -0.1) is 11.3 Å². The molecule has 0 saturated carbocycles. The van der Waals surface area contributed by atoms with Crippen LogP contribution in [0.15, 0.2) is 79.1 Å². The number of nitrogens with zero attached hydrogens (tertiary/aromatic N) is 3. The van der Waals surface area contributed by atoms with Gasteiger partial charge in [0.05, 0.1) is 17.4 Å².